The number of aryl methyl sites for hydroxylation is 2. The second kappa shape index (κ2) is 9.38. The summed E-state index contributed by atoms with van der Waals surface area (Å²) >= 11 is 0. The number of urea groups is 1. The fraction of sp³-hybridized carbons (Fsp3) is 0.250. The smallest absolute Gasteiger partial charge is 0.345 e. The molecule has 7 heteroatoms. The summed E-state index contributed by atoms with van der Waals surface area (Å²) in [6.07, 6.45) is -1.27. The van der Waals surface area contributed by atoms with Crippen LogP contribution in [-0.4, -0.2) is 31.6 Å². The molecule has 0 aromatic heterocycles. The number of hydrogen-bond donors (Lipinski definition) is 2. The summed E-state index contributed by atoms with van der Waals surface area (Å²) < 4.78 is 10.8. The molecular formula is C20H22N2O5. The van der Waals surface area contributed by atoms with Gasteiger partial charge in [0.15, 0.2) is 6.61 Å². The Hall–Kier alpha value is -3.35. The molecule has 0 aliphatic rings. The van der Waals surface area contributed by atoms with E-state index in [0.717, 1.165) is 11.1 Å². The molecule has 1 atom stereocenters. The van der Waals surface area contributed by atoms with Crippen molar-refractivity contribution in [1.82, 2.24) is 10.6 Å². The molecule has 142 valence electrons. The monoisotopic (exact) mass is 370 g/mol. The van der Waals surface area contributed by atoms with Crippen molar-refractivity contribution in [3.8, 4) is 5.75 Å². The standard InChI is InChI=1S/C20H22N2O5/c1-13-9-10-14(2)16(11-13)26-12-17(23)27-18(15-7-5-4-6-8-15)19(24)22-20(25)21-3/h4-11,18H,12H2,1-3H3,(H2,21,22,24,25)/t18-/m0/s1. The third-order valence-electron chi connectivity index (χ3n) is 3.74. The van der Waals surface area contributed by atoms with Crippen LogP contribution in [0, 0.1) is 13.8 Å². The second-order valence-electron chi connectivity index (χ2n) is 5.91. The Bertz CT molecular complexity index is 820. The lowest BCUT2D eigenvalue weighted by molar-refractivity contribution is -0.158. The Kier molecular flexibility index (Phi) is 6.93. The molecule has 0 saturated carbocycles. The molecule has 2 rings (SSSR count). The summed E-state index contributed by atoms with van der Waals surface area (Å²) in [7, 11) is 1.38. The quantitative estimate of drug-likeness (QED) is 0.762. The molecule has 0 aliphatic carbocycles. The van der Waals surface area contributed by atoms with E-state index in [0.29, 0.717) is 11.3 Å². The van der Waals surface area contributed by atoms with Crippen molar-refractivity contribution in [3.05, 3.63) is 65.2 Å². The number of imide groups is 1. The minimum absolute atomic E-state index is 0.360. The van der Waals surface area contributed by atoms with Gasteiger partial charge < -0.3 is 14.8 Å². The van der Waals surface area contributed by atoms with Gasteiger partial charge in [-0.05, 0) is 31.0 Å². The Labute approximate surface area is 157 Å². The van der Waals surface area contributed by atoms with E-state index < -0.39 is 24.0 Å². The van der Waals surface area contributed by atoms with Crippen molar-refractivity contribution in [2.45, 2.75) is 20.0 Å². The lowest BCUT2D eigenvalue weighted by Gasteiger charge is -2.18. The SMILES string of the molecule is CNC(=O)NC(=O)[C@@H](OC(=O)COc1cc(C)ccc1C)c1ccccc1. The highest BCUT2D eigenvalue weighted by Crippen LogP contribution is 2.21. The number of nitrogens with one attached hydrogen (secondary N) is 2. The predicted octanol–water partition coefficient (Wildman–Crippen LogP) is 2.42. The molecule has 0 heterocycles. The minimum Gasteiger partial charge on any atom is -0.482 e. The molecule has 0 unspecified atom stereocenters. The highest BCUT2D eigenvalue weighted by atomic mass is 16.6. The highest BCUT2D eigenvalue weighted by molar-refractivity contribution is 5.97. The maximum absolute atomic E-state index is 12.3. The second-order valence-corrected chi connectivity index (χ2v) is 5.91. The van der Waals surface area contributed by atoms with E-state index in [1.54, 1.807) is 30.3 Å². The van der Waals surface area contributed by atoms with E-state index in [4.69, 9.17) is 9.47 Å². The number of rotatable bonds is 6. The fourth-order valence-corrected chi connectivity index (χ4v) is 2.31. The molecule has 2 aromatic rings. The Balaban J connectivity index is 2.07. The van der Waals surface area contributed by atoms with Crippen molar-refractivity contribution in [2.24, 2.45) is 0 Å². The van der Waals surface area contributed by atoms with Crippen LogP contribution in [0.3, 0.4) is 0 Å². The number of ether oxygens (including phenoxy) is 2. The van der Waals surface area contributed by atoms with Gasteiger partial charge in [0.25, 0.3) is 5.91 Å². The fourth-order valence-electron chi connectivity index (χ4n) is 2.31. The summed E-state index contributed by atoms with van der Waals surface area (Å²) in [6, 6.07) is 13.4. The van der Waals surface area contributed by atoms with Gasteiger partial charge in [-0.3, -0.25) is 10.1 Å². The average Bonchev–Trinajstić information content (AvgIpc) is 2.67. The number of esters is 1. The zero-order chi connectivity index (χ0) is 19.8. The third-order valence-corrected chi connectivity index (χ3v) is 3.74. The van der Waals surface area contributed by atoms with Crippen LogP contribution in [-0.2, 0) is 14.3 Å². The predicted molar refractivity (Wildman–Crippen MR) is 99.3 cm³/mol. The van der Waals surface area contributed by atoms with Crippen LogP contribution >= 0.6 is 0 Å². The van der Waals surface area contributed by atoms with Gasteiger partial charge in [0.05, 0.1) is 0 Å². The Morgan fingerprint density at radius 1 is 1.04 bits per heavy atom. The minimum atomic E-state index is -1.27. The van der Waals surface area contributed by atoms with Gasteiger partial charge in [0.1, 0.15) is 5.75 Å². The van der Waals surface area contributed by atoms with E-state index in [1.165, 1.54) is 7.05 Å². The number of amides is 3. The zero-order valence-electron chi connectivity index (χ0n) is 15.4. The first-order chi connectivity index (χ1) is 12.9. The summed E-state index contributed by atoms with van der Waals surface area (Å²) in [5.41, 5.74) is 2.32. The number of carbonyl (C=O) groups excluding carboxylic acids is 3. The lowest BCUT2D eigenvalue weighted by Crippen LogP contribution is -2.41. The van der Waals surface area contributed by atoms with Crippen LogP contribution in [0.4, 0.5) is 4.79 Å². The maximum Gasteiger partial charge on any atom is 0.345 e. The summed E-state index contributed by atoms with van der Waals surface area (Å²) in [4.78, 5) is 36.0. The van der Waals surface area contributed by atoms with Crippen LogP contribution in [0.15, 0.2) is 48.5 Å². The van der Waals surface area contributed by atoms with E-state index in [2.05, 4.69) is 10.6 Å². The molecule has 2 N–H and O–H groups in total. The van der Waals surface area contributed by atoms with Gasteiger partial charge in [-0.15, -0.1) is 0 Å². The van der Waals surface area contributed by atoms with E-state index in [9.17, 15) is 14.4 Å². The Morgan fingerprint density at radius 3 is 2.41 bits per heavy atom. The van der Waals surface area contributed by atoms with Crippen molar-refractivity contribution >= 4 is 17.9 Å². The molecule has 0 saturated heterocycles. The summed E-state index contributed by atoms with van der Waals surface area (Å²) in [5.74, 6) is -0.907. The van der Waals surface area contributed by atoms with Crippen molar-refractivity contribution in [3.63, 3.8) is 0 Å². The van der Waals surface area contributed by atoms with Gasteiger partial charge in [-0.1, -0.05) is 42.5 Å². The Morgan fingerprint density at radius 2 is 1.74 bits per heavy atom. The maximum atomic E-state index is 12.3. The molecule has 0 fully saturated rings. The van der Waals surface area contributed by atoms with Gasteiger partial charge in [-0.2, -0.15) is 0 Å². The van der Waals surface area contributed by atoms with Gasteiger partial charge in [0.2, 0.25) is 6.10 Å². The molecule has 3 amide bonds. The van der Waals surface area contributed by atoms with Crippen LogP contribution in [0.1, 0.15) is 22.8 Å². The van der Waals surface area contributed by atoms with Crippen LogP contribution in [0.25, 0.3) is 0 Å². The first kappa shape index (κ1) is 20.0. The van der Waals surface area contributed by atoms with Gasteiger partial charge in [-0.25, -0.2) is 9.59 Å². The number of benzene rings is 2. The molecule has 7 nitrogen and oxygen atoms in total. The van der Waals surface area contributed by atoms with Gasteiger partial charge >= 0.3 is 12.0 Å². The van der Waals surface area contributed by atoms with Gasteiger partial charge in [0, 0.05) is 12.6 Å². The highest BCUT2D eigenvalue weighted by Gasteiger charge is 2.26. The molecule has 0 radical (unpaired) electrons. The molecule has 0 aliphatic heterocycles. The lowest BCUT2D eigenvalue weighted by atomic mass is 10.1. The molecule has 27 heavy (non-hydrogen) atoms. The van der Waals surface area contributed by atoms with E-state index >= 15 is 0 Å². The van der Waals surface area contributed by atoms with Crippen LogP contribution < -0.4 is 15.4 Å². The molecule has 0 bridgehead atoms. The normalized spacial score (nSPS) is 11.2. The van der Waals surface area contributed by atoms with E-state index in [1.807, 2.05) is 32.0 Å². The van der Waals surface area contributed by atoms with Crippen LogP contribution in [0.5, 0.6) is 5.75 Å². The third kappa shape index (κ3) is 5.85. The van der Waals surface area contributed by atoms with E-state index in [-0.39, 0.29) is 6.61 Å². The first-order valence-electron chi connectivity index (χ1n) is 8.37. The van der Waals surface area contributed by atoms with Crippen molar-refractivity contribution in [2.75, 3.05) is 13.7 Å². The van der Waals surface area contributed by atoms with Crippen molar-refractivity contribution in [1.29, 1.82) is 0 Å². The largest absolute Gasteiger partial charge is 0.482 e. The van der Waals surface area contributed by atoms with Crippen LogP contribution in [0.2, 0.25) is 0 Å². The van der Waals surface area contributed by atoms with Crippen molar-refractivity contribution < 1.29 is 23.9 Å². The zero-order valence-corrected chi connectivity index (χ0v) is 15.4. The first-order valence-corrected chi connectivity index (χ1v) is 8.37. The summed E-state index contributed by atoms with van der Waals surface area (Å²) in [6.45, 7) is 3.42. The average molecular weight is 370 g/mol. The molecule has 2 aromatic carbocycles. The molecular weight excluding hydrogens is 348 g/mol. The summed E-state index contributed by atoms with van der Waals surface area (Å²) in [5, 5.41) is 4.39. The topological polar surface area (TPSA) is 93.7 Å². The molecule has 0 spiro atoms. The number of hydrogen-bond acceptors (Lipinski definition) is 5. The number of carbonyl (C=O) groups is 3.